The number of aldehydes is 1. The third-order valence-corrected chi connectivity index (χ3v) is 5.48. The quantitative estimate of drug-likeness (QED) is 0.482. The number of pyridine rings is 1. The van der Waals surface area contributed by atoms with Crippen LogP contribution in [0.4, 0.5) is 17.2 Å². The maximum Gasteiger partial charge on any atom is 0.269 e. The lowest BCUT2D eigenvalue weighted by Gasteiger charge is -2.20. The van der Waals surface area contributed by atoms with Gasteiger partial charge in [-0.1, -0.05) is 12.1 Å². The zero-order valence-electron chi connectivity index (χ0n) is 16.7. The van der Waals surface area contributed by atoms with Crippen molar-refractivity contribution < 1.29 is 9.59 Å². The van der Waals surface area contributed by atoms with E-state index in [0.717, 1.165) is 47.4 Å². The molecule has 0 saturated carbocycles. The molecular formula is C22H19N7O2. The Labute approximate surface area is 177 Å². The van der Waals surface area contributed by atoms with Crippen LogP contribution in [0.5, 0.6) is 0 Å². The van der Waals surface area contributed by atoms with Gasteiger partial charge in [-0.25, -0.2) is 9.50 Å². The van der Waals surface area contributed by atoms with Gasteiger partial charge in [0, 0.05) is 42.7 Å². The number of fused-ring (bicyclic) bond motifs is 2. The predicted octanol–water partition coefficient (Wildman–Crippen LogP) is 2.44. The molecule has 3 aromatic heterocycles. The van der Waals surface area contributed by atoms with Gasteiger partial charge in [-0.3, -0.25) is 14.6 Å². The Bertz CT molecular complexity index is 1330. The van der Waals surface area contributed by atoms with Crippen molar-refractivity contribution in [2.75, 3.05) is 23.8 Å². The SMILES string of the molecule is CNc1cc(N2CCc3c(-c4ccc(C=O)cn4)cccc32)nn2c(C(N)=O)cnc12. The molecule has 31 heavy (non-hydrogen) atoms. The van der Waals surface area contributed by atoms with E-state index in [4.69, 9.17) is 5.73 Å². The van der Waals surface area contributed by atoms with E-state index in [1.165, 1.54) is 10.7 Å². The number of nitrogens with one attached hydrogen (secondary N) is 1. The second-order valence-corrected chi connectivity index (χ2v) is 7.21. The Hall–Kier alpha value is -4.27. The van der Waals surface area contributed by atoms with Gasteiger partial charge >= 0.3 is 0 Å². The lowest BCUT2D eigenvalue weighted by Crippen LogP contribution is -2.19. The summed E-state index contributed by atoms with van der Waals surface area (Å²) in [6, 6.07) is 11.6. The molecule has 154 valence electrons. The van der Waals surface area contributed by atoms with Crippen LogP contribution in [0.3, 0.4) is 0 Å². The van der Waals surface area contributed by atoms with Gasteiger partial charge in [0.05, 0.1) is 17.6 Å². The monoisotopic (exact) mass is 413 g/mol. The average molecular weight is 413 g/mol. The molecule has 0 aliphatic carbocycles. The number of anilines is 3. The highest BCUT2D eigenvalue weighted by atomic mass is 16.1. The molecule has 9 nitrogen and oxygen atoms in total. The summed E-state index contributed by atoms with van der Waals surface area (Å²) in [5, 5.41) is 7.77. The van der Waals surface area contributed by atoms with E-state index >= 15 is 0 Å². The lowest BCUT2D eigenvalue weighted by atomic mass is 10.0. The van der Waals surface area contributed by atoms with Crippen LogP contribution in [0.15, 0.2) is 48.8 Å². The van der Waals surface area contributed by atoms with E-state index in [9.17, 15) is 9.59 Å². The van der Waals surface area contributed by atoms with E-state index in [1.54, 1.807) is 19.3 Å². The average Bonchev–Trinajstić information content (AvgIpc) is 3.42. The molecule has 0 saturated heterocycles. The Kier molecular flexibility index (Phi) is 4.36. The normalized spacial score (nSPS) is 12.7. The van der Waals surface area contributed by atoms with Crippen LogP contribution in [-0.2, 0) is 6.42 Å². The van der Waals surface area contributed by atoms with E-state index in [1.807, 2.05) is 30.3 Å². The van der Waals surface area contributed by atoms with Gasteiger partial charge in [0.15, 0.2) is 17.8 Å². The van der Waals surface area contributed by atoms with Crippen molar-refractivity contribution in [1.82, 2.24) is 19.6 Å². The zero-order chi connectivity index (χ0) is 21.5. The standard InChI is InChI=1S/C22H19N7O2/c1-24-17-9-20(27-29-19(21(23)31)11-26-22(17)29)28-8-7-15-14(3-2-4-18(15)28)16-6-5-13(12-30)10-25-16/h2-6,9-12,24H,7-8H2,1H3,(H2,23,31). The number of nitrogens with zero attached hydrogens (tertiary/aromatic N) is 5. The summed E-state index contributed by atoms with van der Waals surface area (Å²) >= 11 is 0. The maximum absolute atomic E-state index is 11.8. The van der Waals surface area contributed by atoms with Crippen molar-refractivity contribution in [2.45, 2.75) is 6.42 Å². The number of rotatable bonds is 5. The molecule has 0 atom stereocenters. The smallest absolute Gasteiger partial charge is 0.269 e. The van der Waals surface area contributed by atoms with Gasteiger partial charge in [-0.05, 0) is 30.2 Å². The Morgan fingerprint density at radius 2 is 2.06 bits per heavy atom. The number of nitrogens with two attached hydrogens (primary N) is 1. The number of primary amides is 1. The zero-order valence-corrected chi connectivity index (χ0v) is 16.7. The van der Waals surface area contributed by atoms with E-state index in [0.29, 0.717) is 17.0 Å². The van der Waals surface area contributed by atoms with Gasteiger partial charge in [0.2, 0.25) is 0 Å². The van der Waals surface area contributed by atoms with Crippen LogP contribution in [0.2, 0.25) is 0 Å². The van der Waals surface area contributed by atoms with Crippen molar-refractivity contribution in [2.24, 2.45) is 5.73 Å². The predicted molar refractivity (Wildman–Crippen MR) is 117 cm³/mol. The Morgan fingerprint density at radius 1 is 1.19 bits per heavy atom. The molecular weight excluding hydrogens is 394 g/mol. The minimum Gasteiger partial charge on any atom is -0.385 e. The number of carbonyl (C=O) groups is 2. The third kappa shape index (κ3) is 2.98. The van der Waals surface area contributed by atoms with Crippen LogP contribution >= 0.6 is 0 Å². The van der Waals surface area contributed by atoms with Crippen molar-refractivity contribution in [3.8, 4) is 11.3 Å². The molecule has 3 N–H and O–H groups in total. The molecule has 4 aromatic rings. The number of benzene rings is 1. The van der Waals surface area contributed by atoms with Crippen molar-refractivity contribution in [1.29, 1.82) is 0 Å². The number of aromatic nitrogens is 4. The van der Waals surface area contributed by atoms with Crippen LogP contribution in [0.1, 0.15) is 26.4 Å². The summed E-state index contributed by atoms with van der Waals surface area (Å²) < 4.78 is 1.48. The fourth-order valence-corrected chi connectivity index (χ4v) is 3.99. The summed E-state index contributed by atoms with van der Waals surface area (Å²) in [4.78, 5) is 33.6. The number of hydrogen-bond donors (Lipinski definition) is 2. The van der Waals surface area contributed by atoms with E-state index < -0.39 is 5.91 Å². The summed E-state index contributed by atoms with van der Waals surface area (Å²) in [6.07, 6.45) is 4.60. The van der Waals surface area contributed by atoms with Gasteiger partial charge in [0.1, 0.15) is 5.69 Å². The number of imidazole rings is 1. The molecule has 1 amide bonds. The first kappa shape index (κ1) is 18.7. The summed E-state index contributed by atoms with van der Waals surface area (Å²) in [7, 11) is 1.79. The second kappa shape index (κ2) is 7.21. The van der Waals surface area contributed by atoms with E-state index in [-0.39, 0.29) is 5.69 Å². The first-order valence-electron chi connectivity index (χ1n) is 9.78. The molecule has 0 spiro atoms. The van der Waals surface area contributed by atoms with Gasteiger partial charge in [0.25, 0.3) is 5.91 Å². The molecule has 1 aliphatic rings. The molecule has 5 rings (SSSR count). The van der Waals surface area contributed by atoms with Crippen LogP contribution < -0.4 is 16.0 Å². The van der Waals surface area contributed by atoms with Crippen molar-refractivity contribution in [3.63, 3.8) is 0 Å². The fourth-order valence-electron chi connectivity index (χ4n) is 3.99. The Morgan fingerprint density at radius 3 is 2.77 bits per heavy atom. The van der Waals surface area contributed by atoms with Crippen molar-refractivity contribution in [3.05, 3.63) is 65.6 Å². The molecule has 0 unspecified atom stereocenters. The van der Waals surface area contributed by atoms with Gasteiger partial charge in [-0.15, -0.1) is 5.10 Å². The van der Waals surface area contributed by atoms with Crippen LogP contribution in [0, 0.1) is 0 Å². The van der Waals surface area contributed by atoms with Crippen LogP contribution in [0.25, 0.3) is 16.9 Å². The molecule has 0 fully saturated rings. The minimum absolute atomic E-state index is 0.223. The lowest BCUT2D eigenvalue weighted by molar-refractivity contribution is 0.0993. The summed E-state index contributed by atoms with van der Waals surface area (Å²) in [5.41, 5.74) is 11.6. The molecule has 1 aliphatic heterocycles. The number of amides is 1. The largest absolute Gasteiger partial charge is 0.385 e. The topological polar surface area (TPSA) is 119 Å². The van der Waals surface area contributed by atoms with Crippen molar-refractivity contribution >= 4 is 35.0 Å². The molecule has 1 aromatic carbocycles. The highest BCUT2D eigenvalue weighted by Gasteiger charge is 2.26. The first-order valence-corrected chi connectivity index (χ1v) is 9.78. The van der Waals surface area contributed by atoms with Crippen LogP contribution in [-0.4, -0.2) is 45.4 Å². The first-order chi connectivity index (χ1) is 15.1. The molecule has 4 heterocycles. The second-order valence-electron chi connectivity index (χ2n) is 7.21. The molecule has 9 heteroatoms. The highest BCUT2D eigenvalue weighted by Crippen LogP contribution is 2.39. The fraction of sp³-hybridized carbons (Fsp3) is 0.136. The minimum atomic E-state index is -0.590. The number of carbonyl (C=O) groups excluding carboxylic acids is 2. The third-order valence-electron chi connectivity index (χ3n) is 5.48. The Balaban J connectivity index is 1.62. The maximum atomic E-state index is 11.8. The highest BCUT2D eigenvalue weighted by molar-refractivity contribution is 5.92. The number of hydrogen-bond acceptors (Lipinski definition) is 7. The van der Waals surface area contributed by atoms with Gasteiger partial charge in [-0.2, -0.15) is 0 Å². The summed E-state index contributed by atoms with van der Waals surface area (Å²) in [6.45, 7) is 0.723. The molecule has 0 bridgehead atoms. The molecule has 0 radical (unpaired) electrons. The van der Waals surface area contributed by atoms with Gasteiger partial charge < -0.3 is 16.0 Å². The van der Waals surface area contributed by atoms with E-state index in [2.05, 4.69) is 25.3 Å². The summed E-state index contributed by atoms with van der Waals surface area (Å²) in [5.74, 6) is 0.0886.